The van der Waals surface area contributed by atoms with Gasteiger partial charge in [-0.25, -0.2) is 4.39 Å². The molecule has 0 aliphatic heterocycles. The zero-order valence-electron chi connectivity index (χ0n) is 23.2. The van der Waals surface area contributed by atoms with Crippen LogP contribution in [0.1, 0.15) is 6.42 Å². The van der Waals surface area contributed by atoms with Crippen LogP contribution in [0, 0.1) is 0 Å². The Morgan fingerprint density at radius 3 is 0.882 bits per heavy atom. The zero-order chi connectivity index (χ0) is 40.7. The molecule has 9 N–H and O–H groups in total. The third kappa shape index (κ3) is 7.45. The number of hydrogen-bond donors (Lipinski definition) is 3. The summed E-state index contributed by atoms with van der Waals surface area (Å²) < 4.78 is 376. The highest BCUT2D eigenvalue weighted by Gasteiger charge is 3.01. The molecule has 0 saturated heterocycles. The predicted octanol–water partition coefficient (Wildman–Crippen LogP) is 7.52. The van der Waals surface area contributed by atoms with Gasteiger partial charge in [0.2, 0.25) is 0 Å². The van der Waals surface area contributed by atoms with Crippen LogP contribution < -0.4 is 22.1 Å². The summed E-state index contributed by atoms with van der Waals surface area (Å²) in [7, 11) is -6.41. The standard InChI is InChI=1S/C16H8F27O5P.2H3N/c17-4(18,1-3(44)2-48-49(45,46)47)6(20,21)8(24,25)10(28,29)12(32,33)14(36,37)13(34,35)11(30,31)9(26,27)7(22,23)5(19,15(38,39)40)16(41,42)43;;/h3,44H,1-2H2,(H2,45,46,47);2*1H3. The molecule has 35 heteroatoms. The minimum atomic E-state index is -9.94. The van der Waals surface area contributed by atoms with Gasteiger partial charge in [0.25, 0.3) is 0 Å². The quantitative estimate of drug-likeness (QED) is 0.114. The van der Waals surface area contributed by atoms with Gasteiger partial charge in [0.05, 0.1) is 20.5 Å². The molecular weight excluding hydrogens is 844 g/mol. The van der Waals surface area contributed by atoms with Gasteiger partial charge >= 0.3 is 77.2 Å². The lowest BCUT2D eigenvalue weighted by molar-refractivity contribution is -0.487. The van der Waals surface area contributed by atoms with E-state index in [-0.39, 0.29) is 12.3 Å². The van der Waals surface area contributed by atoms with Crippen molar-refractivity contribution in [1.29, 1.82) is 0 Å². The highest BCUT2D eigenvalue weighted by Crippen LogP contribution is 2.69. The van der Waals surface area contributed by atoms with Gasteiger partial charge in [-0.15, -0.1) is 0 Å². The molecule has 51 heavy (non-hydrogen) atoms. The van der Waals surface area contributed by atoms with Crippen molar-refractivity contribution in [3.8, 4) is 0 Å². The van der Waals surface area contributed by atoms with Crippen molar-refractivity contribution in [1.82, 2.24) is 12.3 Å². The maximum atomic E-state index is 13.8. The highest BCUT2D eigenvalue weighted by molar-refractivity contribution is 7.43. The second-order valence-corrected chi connectivity index (χ2v) is 10.3. The van der Waals surface area contributed by atoms with Crippen molar-refractivity contribution in [2.45, 2.75) is 89.8 Å². The average molecular weight is 858 g/mol. The van der Waals surface area contributed by atoms with Crippen LogP contribution in [-0.4, -0.2) is 95.1 Å². The van der Waals surface area contributed by atoms with Gasteiger partial charge in [0.15, 0.2) is 0 Å². The maximum absolute atomic E-state index is 13.8. The van der Waals surface area contributed by atoms with Gasteiger partial charge in [-0.05, 0) is 0 Å². The summed E-state index contributed by atoms with van der Waals surface area (Å²) in [4.78, 5) is 20.2. The lowest BCUT2D eigenvalue weighted by Gasteiger charge is -2.46. The zero-order valence-corrected chi connectivity index (χ0v) is 24.1. The molecule has 0 fully saturated rings. The van der Waals surface area contributed by atoms with E-state index in [9.17, 15) is 133 Å². The van der Waals surface area contributed by atoms with E-state index in [0.29, 0.717) is 0 Å². The number of rotatable bonds is 15. The summed E-state index contributed by atoms with van der Waals surface area (Å²) >= 11 is 0. The molecular formula is C16H14F27N2O5P. The Morgan fingerprint density at radius 2 is 0.667 bits per heavy atom. The molecule has 312 valence electrons. The number of alkyl halides is 27. The Labute approximate surface area is 260 Å². The van der Waals surface area contributed by atoms with Crippen LogP contribution >= 0.6 is 7.82 Å². The average Bonchev–Trinajstić information content (AvgIpc) is 2.83. The van der Waals surface area contributed by atoms with E-state index < -0.39 is 104 Å². The number of quaternary nitrogens is 2. The summed E-state index contributed by atoms with van der Waals surface area (Å²) in [5.74, 6) is -93.7. The first-order valence-corrected chi connectivity index (χ1v) is 12.0. The van der Waals surface area contributed by atoms with E-state index >= 15 is 0 Å². The Balaban J connectivity index is -0.0000115. The summed E-state index contributed by atoms with van der Waals surface area (Å²) in [6.07, 6.45) is -25.0. The molecule has 0 heterocycles. The van der Waals surface area contributed by atoms with Crippen LogP contribution in [0.25, 0.3) is 0 Å². The Kier molecular flexibility index (Phi) is 14.4. The van der Waals surface area contributed by atoms with Crippen molar-refractivity contribution >= 4 is 7.82 Å². The molecule has 0 amide bonds. The monoisotopic (exact) mass is 858 g/mol. The van der Waals surface area contributed by atoms with Crippen LogP contribution in [0.5, 0.6) is 0 Å². The van der Waals surface area contributed by atoms with Gasteiger partial charge in [-0.2, -0.15) is 114 Å². The van der Waals surface area contributed by atoms with Crippen LogP contribution in [-0.2, 0) is 9.09 Å². The SMILES string of the molecule is O=P([O-])([O-])OCC(O)CC(F)(F)C(F)(F)C(F)(F)C(F)(F)C(F)(F)C(F)(F)C(F)(F)C(F)(F)C(F)(F)C(F)(F)C(F)(C(F)(F)F)C(F)(F)F.[NH4+].[NH4+]. The Hall–Kier alpha value is -1.90. The molecule has 0 radical (unpaired) electrons. The van der Waals surface area contributed by atoms with Gasteiger partial charge < -0.3 is 36.3 Å². The molecule has 7 nitrogen and oxygen atoms in total. The van der Waals surface area contributed by atoms with Crippen molar-refractivity contribution in [3.63, 3.8) is 0 Å². The second-order valence-electron chi connectivity index (χ2n) is 9.13. The number of phosphoric acid groups is 1. The van der Waals surface area contributed by atoms with Gasteiger partial charge in [-0.1, -0.05) is 0 Å². The maximum Gasteiger partial charge on any atom is 0.438 e. The molecule has 0 rings (SSSR count). The summed E-state index contributed by atoms with van der Waals surface area (Å²) in [6.45, 7) is -2.52. The predicted molar refractivity (Wildman–Crippen MR) is 102 cm³/mol. The minimum Gasteiger partial charge on any atom is -0.790 e. The Morgan fingerprint density at radius 1 is 0.451 bits per heavy atom. The number of aliphatic hydroxyl groups is 1. The van der Waals surface area contributed by atoms with Gasteiger partial charge in [0.1, 0.15) is 0 Å². The number of phosphoric ester groups is 1. The van der Waals surface area contributed by atoms with Crippen molar-refractivity contribution in [2.24, 2.45) is 0 Å². The highest BCUT2D eigenvalue weighted by atomic mass is 31.2. The van der Waals surface area contributed by atoms with E-state index in [2.05, 4.69) is 4.52 Å². The molecule has 0 aromatic carbocycles. The molecule has 0 aromatic rings. The normalized spacial score (nSPS) is 16.7. The number of hydrogen-bond acceptors (Lipinski definition) is 5. The fraction of sp³-hybridized carbons (Fsp3) is 1.00. The van der Waals surface area contributed by atoms with Crippen molar-refractivity contribution in [2.75, 3.05) is 6.61 Å². The van der Waals surface area contributed by atoms with Crippen LogP contribution in [0.4, 0.5) is 119 Å². The molecule has 0 aliphatic carbocycles. The molecule has 0 aromatic heterocycles. The van der Waals surface area contributed by atoms with E-state index in [1.165, 1.54) is 0 Å². The van der Waals surface area contributed by atoms with E-state index in [4.69, 9.17) is 5.11 Å². The molecule has 1 unspecified atom stereocenters. The van der Waals surface area contributed by atoms with Gasteiger partial charge in [-0.3, -0.25) is 0 Å². The fourth-order valence-corrected chi connectivity index (χ4v) is 3.36. The first kappa shape index (κ1) is 53.5. The molecule has 0 spiro atoms. The van der Waals surface area contributed by atoms with E-state index in [1.807, 2.05) is 0 Å². The van der Waals surface area contributed by atoms with Crippen LogP contribution in [0.2, 0.25) is 0 Å². The van der Waals surface area contributed by atoms with Gasteiger partial charge in [0, 0.05) is 6.42 Å². The van der Waals surface area contributed by atoms with Crippen LogP contribution in [0.15, 0.2) is 0 Å². The van der Waals surface area contributed by atoms with Crippen molar-refractivity contribution in [3.05, 3.63) is 0 Å². The smallest absolute Gasteiger partial charge is 0.438 e. The number of aliphatic hydroxyl groups excluding tert-OH is 1. The molecule has 0 saturated carbocycles. The van der Waals surface area contributed by atoms with Crippen LogP contribution in [0.3, 0.4) is 0 Å². The third-order valence-electron chi connectivity index (χ3n) is 5.74. The first-order valence-electron chi connectivity index (χ1n) is 10.5. The topological polar surface area (TPSA) is 166 Å². The largest absolute Gasteiger partial charge is 0.790 e. The summed E-state index contributed by atoms with van der Waals surface area (Å²) in [6, 6.07) is 0. The molecule has 0 bridgehead atoms. The number of halogens is 27. The van der Waals surface area contributed by atoms with E-state index in [1.54, 1.807) is 0 Å². The second kappa shape index (κ2) is 13.7. The summed E-state index contributed by atoms with van der Waals surface area (Å²) in [5, 5.41) is 8.84. The Bertz CT molecular complexity index is 1230. The van der Waals surface area contributed by atoms with E-state index in [0.717, 1.165) is 0 Å². The lowest BCUT2D eigenvalue weighted by atomic mass is 9.81. The van der Waals surface area contributed by atoms with Crippen molar-refractivity contribution < 1.29 is 143 Å². The lowest BCUT2D eigenvalue weighted by Crippen LogP contribution is -2.79. The third-order valence-corrected chi connectivity index (χ3v) is 6.21. The fourth-order valence-electron chi connectivity index (χ4n) is 3.00. The first-order chi connectivity index (χ1) is 20.6. The summed E-state index contributed by atoms with van der Waals surface area (Å²) in [5.41, 5.74) is -9.29. The minimum absolute atomic E-state index is 0. The molecule has 0 aliphatic rings. The molecule has 1 atom stereocenters.